The zero-order chi connectivity index (χ0) is 17.9. The van der Waals surface area contributed by atoms with E-state index in [1.54, 1.807) is 0 Å². The highest BCUT2D eigenvalue weighted by Crippen LogP contribution is 2.54. The Morgan fingerprint density at radius 2 is 1.92 bits per heavy atom. The third kappa shape index (κ3) is 2.74. The number of imidazole rings is 1. The number of hydrogen-bond donors (Lipinski definition) is 0. The van der Waals surface area contributed by atoms with Crippen LogP contribution in [-0.2, 0) is 4.84 Å². The fraction of sp³-hybridized carbons (Fsp3) is 0.750. The number of piperidine rings is 1. The maximum atomic E-state index is 12.8. The van der Waals surface area contributed by atoms with Crippen LogP contribution in [-0.4, -0.2) is 44.8 Å². The van der Waals surface area contributed by atoms with Gasteiger partial charge in [-0.3, -0.25) is 4.79 Å². The van der Waals surface area contributed by atoms with Crippen molar-refractivity contribution < 1.29 is 9.63 Å². The van der Waals surface area contributed by atoms with Gasteiger partial charge in [0.2, 0.25) is 0 Å². The standard InChI is InChI=1S/C20H28N4O2/c1-20(2)8-16(22-26-20)18-14-9-23(10-15(14)18)19(25)17-11-24(12-21-17)13-6-4-3-5-7-13/h11-15,18H,3-10H2,1-2H3/t14-,15+,18?. The maximum absolute atomic E-state index is 12.8. The summed E-state index contributed by atoms with van der Waals surface area (Å²) in [4.78, 5) is 24.8. The molecule has 1 aromatic heterocycles. The second-order valence-electron chi connectivity index (χ2n) is 9.17. The molecule has 6 nitrogen and oxygen atoms in total. The summed E-state index contributed by atoms with van der Waals surface area (Å²) in [7, 11) is 0. The van der Waals surface area contributed by atoms with Crippen LogP contribution in [0.15, 0.2) is 17.7 Å². The molecule has 0 spiro atoms. The molecule has 1 unspecified atom stereocenters. The van der Waals surface area contributed by atoms with Gasteiger partial charge in [0.05, 0.1) is 12.0 Å². The summed E-state index contributed by atoms with van der Waals surface area (Å²) in [6, 6.07) is 0.526. The van der Waals surface area contributed by atoms with Crippen molar-refractivity contribution in [2.24, 2.45) is 22.9 Å². The highest BCUT2D eigenvalue weighted by molar-refractivity contribution is 5.94. The Kier molecular flexibility index (Phi) is 3.66. The fourth-order valence-corrected chi connectivity index (χ4v) is 5.24. The second kappa shape index (κ2) is 5.83. The second-order valence-corrected chi connectivity index (χ2v) is 9.17. The van der Waals surface area contributed by atoms with Crippen LogP contribution in [0.25, 0.3) is 0 Å². The van der Waals surface area contributed by atoms with Gasteiger partial charge in [0, 0.05) is 37.7 Å². The van der Waals surface area contributed by atoms with Gasteiger partial charge in [0.1, 0.15) is 11.3 Å². The van der Waals surface area contributed by atoms with Crippen molar-refractivity contribution in [3.63, 3.8) is 0 Å². The lowest BCUT2D eigenvalue weighted by atomic mass is 9.95. The largest absolute Gasteiger partial charge is 0.389 e. The molecule has 1 aromatic rings. The van der Waals surface area contributed by atoms with Crippen molar-refractivity contribution in [1.29, 1.82) is 0 Å². The topological polar surface area (TPSA) is 59.7 Å². The number of hydrogen-bond acceptors (Lipinski definition) is 4. The Morgan fingerprint density at radius 3 is 2.58 bits per heavy atom. The van der Waals surface area contributed by atoms with Crippen molar-refractivity contribution in [1.82, 2.24) is 14.5 Å². The molecule has 0 aromatic carbocycles. The van der Waals surface area contributed by atoms with Crippen LogP contribution >= 0.6 is 0 Å². The lowest BCUT2D eigenvalue weighted by Crippen LogP contribution is -2.33. The van der Waals surface area contributed by atoms with E-state index in [0.717, 1.165) is 19.5 Å². The molecule has 1 amide bonds. The van der Waals surface area contributed by atoms with E-state index in [1.807, 2.05) is 17.4 Å². The predicted molar refractivity (Wildman–Crippen MR) is 97.9 cm³/mol. The number of carbonyl (C=O) groups excluding carboxylic acids is 1. The summed E-state index contributed by atoms with van der Waals surface area (Å²) >= 11 is 0. The van der Waals surface area contributed by atoms with Gasteiger partial charge >= 0.3 is 0 Å². The zero-order valence-electron chi connectivity index (χ0n) is 15.7. The molecule has 2 aliphatic heterocycles. The molecular weight excluding hydrogens is 328 g/mol. The van der Waals surface area contributed by atoms with Crippen molar-refractivity contribution in [2.75, 3.05) is 13.1 Å². The molecule has 0 N–H and O–H groups in total. The molecule has 5 rings (SSSR count). The third-order valence-corrected chi connectivity index (χ3v) is 6.70. The Labute approximate surface area is 154 Å². The summed E-state index contributed by atoms with van der Waals surface area (Å²) in [5, 5.41) is 4.31. The monoisotopic (exact) mass is 356 g/mol. The molecule has 2 aliphatic carbocycles. The first-order valence-electron chi connectivity index (χ1n) is 10.1. The Bertz CT molecular complexity index is 735. The number of nitrogens with zero attached hydrogens (tertiary/aromatic N) is 4. The first-order valence-corrected chi connectivity index (χ1v) is 10.1. The van der Waals surface area contributed by atoms with Crippen LogP contribution in [0.5, 0.6) is 0 Å². The van der Waals surface area contributed by atoms with Gasteiger partial charge in [-0.05, 0) is 38.5 Å². The summed E-state index contributed by atoms with van der Waals surface area (Å²) in [6.45, 7) is 5.84. The molecule has 3 fully saturated rings. The van der Waals surface area contributed by atoms with Crippen molar-refractivity contribution in [3.05, 3.63) is 18.2 Å². The highest BCUT2D eigenvalue weighted by atomic mass is 16.7. The number of rotatable bonds is 3. The third-order valence-electron chi connectivity index (χ3n) is 6.70. The fourth-order valence-electron chi connectivity index (χ4n) is 5.24. The molecule has 0 radical (unpaired) electrons. The Balaban J connectivity index is 1.19. The predicted octanol–water partition coefficient (Wildman–Crippen LogP) is 3.26. The number of amides is 1. The molecule has 1 saturated heterocycles. The van der Waals surface area contributed by atoms with Crippen LogP contribution in [0.1, 0.15) is 68.9 Å². The van der Waals surface area contributed by atoms with E-state index in [2.05, 4.69) is 28.6 Å². The van der Waals surface area contributed by atoms with Crippen molar-refractivity contribution >= 4 is 11.6 Å². The van der Waals surface area contributed by atoms with Crippen LogP contribution in [0, 0.1) is 17.8 Å². The molecule has 140 valence electrons. The maximum Gasteiger partial charge on any atom is 0.274 e. The average Bonchev–Trinajstić information content (AvgIpc) is 3.09. The summed E-state index contributed by atoms with van der Waals surface area (Å²) in [6.07, 6.45) is 11.1. The van der Waals surface area contributed by atoms with E-state index >= 15 is 0 Å². The first kappa shape index (κ1) is 16.3. The van der Waals surface area contributed by atoms with E-state index in [0.29, 0.717) is 29.5 Å². The number of carbonyl (C=O) groups is 1. The Hall–Kier alpha value is -1.85. The van der Waals surface area contributed by atoms with Crippen LogP contribution < -0.4 is 0 Å². The highest BCUT2D eigenvalue weighted by Gasteiger charge is 2.60. The van der Waals surface area contributed by atoms with E-state index in [4.69, 9.17) is 4.84 Å². The van der Waals surface area contributed by atoms with Crippen molar-refractivity contribution in [2.45, 2.75) is 64.0 Å². The molecule has 3 heterocycles. The van der Waals surface area contributed by atoms with Gasteiger partial charge in [-0.1, -0.05) is 24.4 Å². The van der Waals surface area contributed by atoms with Gasteiger partial charge in [-0.25, -0.2) is 4.98 Å². The molecule has 6 heteroatoms. The average molecular weight is 356 g/mol. The SMILES string of the molecule is CC1(C)CC(C2[C@H]3CN(C(=O)c4cn(C5CCCCC5)cn4)C[C@@H]23)=NO1. The molecule has 4 aliphatic rings. The summed E-state index contributed by atoms with van der Waals surface area (Å²) in [5.74, 6) is 1.75. The quantitative estimate of drug-likeness (QED) is 0.835. The van der Waals surface area contributed by atoms with Crippen LogP contribution in [0.3, 0.4) is 0 Å². The zero-order valence-corrected chi connectivity index (χ0v) is 15.7. The van der Waals surface area contributed by atoms with E-state index < -0.39 is 0 Å². The number of likely N-dealkylation sites (tertiary alicyclic amines) is 1. The molecule has 3 atom stereocenters. The van der Waals surface area contributed by atoms with Gasteiger partial charge in [0.15, 0.2) is 0 Å². The number of oxime groups is 1. The minimum absolute atomic E-state index is 0.0930. The van der Waals surface area contributed by atoms with E-state index in [9.17, 15) is 4.79 Å². The van der Waals surface area contributed by atoms with Gasteiger partial charge in [-0.2, -0.15) is 0 Å². The van der Waals surface area contributed by atoms with E-state index in [-0.39, 0.29) is 11.5 Å². The smallest absolute Gasteiger partial charge is 0.274 e. The summed E-state index contributed by atoms with van der Waals surface area (Å²) in [5.41, 5.74) is 1.66. The van der Waals surface area contributed by atoms with Crippen LogP contribution in [0.4, 0.5) is 0 Å². The Morgan fingerprint density at radius 1 is 1.19 bits per heavy atom. The van der Waals surface area contributed by atoms with Gasteiger partial charge in [0.25, 0.3) is 5.91 Å². The molecular formula is C20H28N4O2. The van der Waals surface area contributed by atoms with Gasteiger partial charge < -0.3 is 14.3 Å². The number of aromatic nitrogens is 2. The summed E-state index contributed by atoms with van der Waals surface area (Å²) < 4.78 is 2.17. The van der Waals surface area contributed by atoms with Gasteiger partial charge in [-0.15, -0.1) is 0 Å². The molecule has 26 heavy (non-hydrogen) atoms. The molecule has 2 saturated carbocycles. The lowest BCUT2D eigenvalue weighted by molar-refractivity contribution is 0.0123. The minimum atomic E-state index is -0.159. The normalized spacial score (nSPS) is 32.9. The first-order chi connectivity index (χ1) is 12.5. The lowest BCUT2D eigenvalue weighted by Gasteiger charge is -2.22. The van der Waals surface area contributed by atoms with E-state index in [1.165, 1.54) is 37.8 Å². The number of fused-ring (bicyclic) bond motifs is 1. The van der Waals surface area contributed by atoms with Crippen molar-refractivity contribution in [3.8, 4) is 0 Å². The van der Waals surface area contributed by atoms with Crippen LogP contribution in [0.2, 0.25) is 0 Å². The molecule has 0 bridgehead atoms. The minimum Gasteiger partial charge on any atom is -0.389 e.